The number of hydrazone groups is 1. The van der Waals surface area contributed by atoms with Gasteiger partial charge < -0.3 is 10.4 Å². The first-order valence-corrected chi connectivity index (χ1v) is 5.60. The smallest absolute Gasteiger partial charge is 0.336 e. The first-order valence-electron chi connectivity index (χ1n) is 5.60. The molecule has 0 fully saturated rings. The third kappa shape index (κ3) is 4.37. The molecular formula is C13H13N3O4. The maximum absolute atomic E-state index is 11.3. The van der Waals surface area contributed by atoms with Gasteiger partial charge in [-0.1, -0.05) is 24.3 Å². The topological polar surface area (TPSA) is 108 Å². The van der Waals surface area contributed by atoms with E-state index in [0.29, 0.717) is 5.56 Å². The summed E-state index contributed by atoms with van der Waals surface area (Å²) in [6.45, 7) is 3.55. The van der Waals surface area contributed by atoms with E-state index in [-0.39, 0.29) is 12.1 Å². The summed E-state index contributed by atoms with van der Waals surface area (Å²) in [4.78, 5) is 33.4. The van der Waals surface area contributed by atoms with Gasteiger partial charge in [-0.05, 0) is 6.07 Å². The van der Waals surface area contributed by atoms with Crippen LogP contribution in [-0.4, -0.2) is 35.6 Å². The second-order valence-corrected chi connectivity index (χ2v) is 3.59. The molecule has 3 N–H and O–H groups in total. The van der Waals surface area contributed by atoms with Gasteiger partial charge in [-0.15, -0.1) is 6.58 Å². The van der Waals surface area contributed by atoms with Gasteiger partial charge >= 0.3 is 17.8 Å². The molecule has 0 unspecified atom stereocenters. The average molecular weight is 275 g/mol. The van der Waals surface area contributed by atoms with E-state index in [2.05, 4.69) is 17.0 Å². The molecule has 0 aromatic heterocycles. The minimum Gasteiger partial charge on any atom is -0.478 e. The molecule has 0 aliphatic rings. The Hall–Kier alpha value is -2.96. The lowest BCUT2D eigenvalue weighted by molar-refractivity contribution is -0.139. The number of benzene rings is 1. The first-order chi connectivity index (χ1) is 9.56. The lowest BCUT2D eigenvalue weighted by Crippen LogP contribution is -2.37. The molecular weight excluding hydrogens is 262 g/mol. The lowest BCUT2D eigenvalue weighted by Gasteiger charge is -2.01. The van der Waals surface area contributed by atoms with Gasteiger partial charge in [0.05, 0.1) is 11.8 Å². The SMILES string of the molecule is C=CCNC(=O)C(=O)N/N=C\c1ccccc1C(=O)O. The van der Waals surface area contributed by atoms with Crippen LogP contribution in [0.2, 0.25) is 0 Å². The molecule has 1 aromatic carbocycles. The van der Waals surface area contributed by atoms with Crippen LogP contribution in [0.25, 0.3) is 0 Å². The van der Waals surface area contributed by atoms with E-state index in [1.54, 1.807) is 12.1 Å². The highest BCUT2D eigenvalue weighted by Gasteiger charge is 2.11. The van der Waals surface area contributed by atoms with Crippen LogP contribution in [-0.2, 0) is 9.59 Å². The van der Waals surface area contributed by atoms with Crippen LogP contribution in [0.15, 0.2) is 42.0 Å². The van der Waals surface area contributed by atoms with Crippen molar-refractivity contribution >= 4 is 24.0 Å². The van der Waals surface area contributed by atoms with Crippen molar-refractivity contribution in [3.05, 3.63) is 48.0 Å². The Bertz CT molecular complexity index is 566. The summed E-state index contributed by atoms with van der Waals surface area (Å²) in [5.41, 5.74) is 2.35. The van der Waals surface area contributed by atoms with Crippen LogP contribution in [0.3, 0.4) is 0 Å². The minimum atomic E-state index is -1.11. The maximum Gasteiger partial charge on any atom is 0.336 e. The number of amides is 2. The maximum atomic E-state index is 11.3. The normalized spacial score (nSPS) is 10.0. The molecule has 2 amide bonds. The molecule has 0 aliphatic carbocycles. The third-order valence-electron chi connectivity index (χ3n) is 2.17. The van der Waals surface area contributed by atoms with E-state index in [1.165, 1.54) is 18.2 Å². The number of nitrogens with one attached hydrogen (secondary N) is 2. The predicted molar refractivity (Wildman–Crippen MR) is 72.3 cm³/mol. The van der Waals surface area contributed by atoms with Crippen LogP contribution in [0.4, 0.5) is 0 Å². The average Bonchev–Trinajstić information content (AvgIpc) is 2.44. The summed E-state index contributed by atoms with van der Waals surface area (Å²) < 4.78 is 0. The number of carboxylic acid groups (broad SMARTS) is 1. The molecule has 0 bridgehead atoms. The molecule has 20 heavy (non-hydrogen) atoms. The zero-order chi connectivity index (χ0) is 15.0. The molecule has 0 radical (unpaired) electrons. The number of carbonyl (C=O) groups is 3. The van der Waals surface area contributed by atoms with Crippen molar-refractivity contribution in [1.82, 2.24) is 10.7 Å². The Kier molecular flexibility index (Phi) is 5.64. The van der Waals surface area contributed by atoms with Crippen molar-refractivity contribution in [1.29, 1.82) is 0 Å². The molecule has 0 spiro atoms. The van der Waals surface area contributed by atoms with E-state index < -0.39 is 17.8 Å². The van der Waals surface area contributed by atoms with Crippen molar-refractivity contribution < 1.29 is 19.5 Å². The summed E-state index contributed by atoms with van der Waals surface area (Å²) in [6, 6.07) is 6.13. The summed E-state index contributed by atoms with van der Waals surface area (Å²) in [7, 11) is 0. The van der Waals surface area contributed by atoms with Crippen molar-refractivity contribution in [2.75, 3.05) is 6.54 Å². The molecule has 0 aliphatic heterocycles. The van der Waals surface area contributed by atoms with Crippen LogP contribution in [0.5, 0.6) is 0 Å². The van der Waals surface area contributed by atoms with Gasteiger partial charge in [0, 0.05) is 12.1 Å². The number of hydrogen-bond donors (Lipinski definition) is 3. The second-order valence-electron chi connectivity index (χ2n) is 3.59. The molecule has 1 aromatic rings. The van der Waals surface area contributed by atoms with E-state index >= 15 is 0 Å². The lowest BCUT2D eigenvalue weighted by atomic mass is 10.1. The fraction of sp³-hybridized carbons (Fsp3) is 0.0769. The van der Waals surface area contributed by atoms with Crippen molar-refractivity contribution in [2.24, 2.45) is 5.10 Å². The van der Waals surface area contributed by atoms with Crippen molar-refractivity contribution in [3.8, 4) is 0 Å². The van der Waals surface area contributed by atoms with Crippen LogP contribution >= 0.6 is 0 Å². The van der Waals surface area contributed by atoms with Crippen molar-refractivity contribution in [2.45, 2.75) is 0 Å². The number of rotatable bonds is 5. The number of aromatic carboxylic acids is 1. The Morgan fingerprint density at radius 3 is 2.60 bits per heavy atom. The van der Waals surface area contributed by atoms with E-state index in [0.717, 1.165) is 6.21 Å². The molecule has 104 valence electrons. The zero-order valence-electron chi connectivity index (χ0n) is 10.5. The number of nitrogens with zero attached hydrogens (tertiary/aromatic N) is 1. The Labute approximate surface area is 115 Å². The van der Waals surface area contributed by atoms with Gasteiger partial charge in [0.25, 0.3) is 0 Å². The van der Waals surface area contributed by atoms with Crippen molar-refractivity contribution in [3.63, 3.8) is 0 Å². The molecule has 0 saturated heterocycles. The van der Waals surface area contributed by atoms with Crippen LogP contribution in [0.1, 0.15) is 15.9 Å². The monoisotopic (exact) mass is 275 g/mol. The zero-order valence-corrected chi connectivity index (χ0v) is 10.5. The Balaban J connectivity index is 2.66. The summed E-state index contributed by atoms with van der Waals surface area (Å²) >= 11 is 0. The Morgan fingerprint density at radius 1 is 1.25 bits per heavy atom. The Morgan fingerprint density at radius 2 is 1.95 bits per heavy atom. The van der Waals surface area contributed by atoms with E-state index in [4.69, 9.17) is 5.11 Å². The highest BCUT2D eigenvalue weighted by molar-refractivity contribution is 6.35. The third-order valence-corrected chi connectivity index (χ3v) is 2.17. The fourth-order valence-corrected chi connectivity index (χ4v) is 1.26. The highest BCUT2D eigenvalue weighted by atomic mass is 16.4. The highest BCUT2D eigenvalue weighted by Crippen LogP contribution is 2.05. The van der Waals surface area contributed by atoms with Crippen LogP contribution in [0, 0.1) is 0 Å². The summed E-state index contributed by atoms with van der Waals surface area (Å²) in [5, 5.41) is 14.7. The molecule has 0 saturated carbocycles. The standard InChI is InChI=1S/C13H13N3O4/c1-2-7-14-11(17)12(18)16-15-8-9-5-3-4-6-10(9)13(19)20/h2-6,8H,1,7H2,(H,14,17)(H,16,18)(H,19,20)/b15-8-. The molecule has 7 heteroatoms. The quantitative estimate of drug-likeness (QED) is 0.307. The van der Waals surface area contributed by atoms with Gasteiger partial charge in [-0.2, -0.15) is 5.10 Å². The molecule has 7 nitrogen and oxygen atoms in total. The first kappa shape index (κ1) is 15.1. The number of carboxylic acids is 1. The summed E-state index contributed by atoms with van der Waals surface area (Å²) in [6.07, 6.45) is 2.58. The largest absolute Gasteiger partial charge is 0.478 e. The number of hydrogen-bond acceptors (Lipinski definition) is 4. The van der Waals surface area contributed by atoms with E-state index in [9.17, 15) is 14.4 Å². The van der Waals surface area contributed by atoms with Gasteiger partial charge in [-0.25, -0.2) is 10.2 Å². The molecule has 1 rings (SSSR count). The van der Waals surface area contributed by atoms with E-state index in [1.807, 2.05) is 5.43 Å². The minimum absolute atomic E-state index is 0.0432. The predicted octanol–water partition coefficient (Wildman–Crippen LogP) is 0.137. The van der Waals surface area contributed by atoms with Gasteiger partial charge in [0.15, 0.2) is 0 Å². The number of carbonyl (C=O) groups excluding carboxylic acids is 2. The van der Waals surface area contributed by atoms with Crippen LogP contribution < -0.4 is 10.7 Å². The second kappa shape index (κ2) is 7.47. The van der Waals surface area contributed by atoms with Gasteiger partial charge in [0.1, 0.15) is 0 Å². The fourth-order valence-electron chi connectivity index (χ4n) is 1.26. The molecule has 0 heterocycles. The van der Waals surface area contributed by atoms with Gasteiger partial charge in [-0.3, -0.25) is 9.59 Å². The molecule has 0 atom stereocenters. The van der Waals surface area contributed by atoms with Gasteiger partial charge in [0.2, 0.25) is 0 Å². The summed E-state index contributed by atoms with van der Waals surface area (Å²) in [5.74, 6) is -2.91.